The lowest BCUT2D eigenvalue weighted by molar-refractivity contribution is -0.283. The highest BCUT2D eigenvalue weighted by molar-refractivity contribution is 5.29. The fourth-order valence-electron chi connectivity index (χ4n) is 1.34. The Balaban J connectivity index is 0.000000492. The van der Waals surface area contributed by atoms with Crippen LogP contribution in [0.1, 0.15) is 24.0 Å². The van der Waals surface area contributed by atoms with Gasteiger partial charge in [-0.05, 0) is 6.07 Å². The van der Waals surface area contributed by atoms with Gasteiger partial charge in [0.1, 0.15) is 0 Å². The summed E-state index contributed by atoms with van der Waals surface area (Å²) in [5.41, 5.74) is 0.0442. The first-order chi connectivity index (χ1) is 8.47. The lowest BCUT2D eigenvalue weighted by atomic mass is 10.1. The summed E-state index contributed by atoms with van der Waals surface area (Å²) in [6.07, 6.45) is -2.09. The average Bonchev–Trinajstić information content (AvgIpc) is 3.10. The van der Waals surface area contributed by atoms with Crippen LogP contribution in [0.25, 0.3) is 5.32 Å². The largest absolute Gasteiger partial charge is 0.656 e. The highest BCUT2D eigenvalue weighted by Gasteiger charge is 2.30. The van der Waals surface area contributed by atoms with Crippen LogP contribution in [0.4, 0.5) is 13.2 Å². The molecular formula is C12H12F3NO2-2. The SMILES string of the molecule is FC(F)(F)c1cccc(C[N-]C2CC2)c1.O=C[O-]. The topological polar surface area (TPSA) is 54.2 Å². The van der Waals surface area contributed by atoms with E-state index in [1.54, 1.807) is 6.07 Å². The number of hydrogen-bond donors (Lipinski definition) is 0. The van der Waals surface area contributed by atoms with Crippen LogP contribution in [-0.4, -0.2) is 12.5 Å². The molecule has 2 rings (SSSR count). The van der Waals surface area contributed by atoms with Crippen molar-refractivity contribution in [1.82, 2.24) is 0 Å². The molecule has 18 heavy (non-hydrogen) atoms. The van der Waals surface area contributed by atoms with E-state index in [2.05, 4.69) is 5.32 Å². The third kappa shape index (κ3) is 5.18. The van der Waals surface area contributed by atoms with Crippen molar-refractivity contribution in [3.8, 4) is 0 Å². The Bertz CT molecular complexity index is 389. The number of benzene rings is 1. The number of hydrogen-bond acceptors (Lipinski definition) is 2. The van der Waals surface area contributed by atoms with Crippen LogP contribution in [0, 0.1) is 0 Å². The van der Waals surface area contributed by atoms with E-state index in [0.717, 1.165) is 18.9 Å². The minimum atomic E-state index is -4.25. The fourth-order valence-corrected chi connectivity index (χ4v) is 1.34. The van der Waals surface area contributed by atoms with Crippen LogP contribution >= 0.6 is 0 Å². The number of carbonyl (C=O) groups excluding carboxylic acids is 1. The zero-order chi connectivity index (χ0) is 13.6. The number of carbonyl (C=O) groups is 1. The van der Waals surface area contributed by atoms with E-state index in [1.807, 2.05) is 0 Å². The third-order valence-corrected chi connectivity index (χ3v) is 2.33. The first kappa shape index (κ1) is 14.5. The molecule has 0 unspecified atom stereocenters. The lowest BCUT2D eigenvalue weighted by Gasteiger charge is -2.18. The molecule has 1 aromatic rings. The molecule has 0 saturated heterocycles. The molecule has 0 atom stereocenters. The van der Waals surface area contributed by atoms with Crippen molar-refractivity contribution in [2.45, 2.75) is 31.6 Å². The van der Waals surface area contributed by atoms with Crippen LogP contribution < -0.4 is 5.11 Å². The maximum Gasteiger partial charge on any atom is 0.416 e. The van der Waals surface area contributed by atoms with Gasteiger partial charge in [0.25, 0.3) is 0 Å². The molecule has 1 aliphatic carbocycles. The number of nitrogens with zero attached hydrogens (tertiary/aromatic N) is 1. The number of carboxylic acid groups (broad SMARTS) is 1. The zero-order valence-corrected chi connectivity index (χ0v) is 9.48. The van der Waals surface area contributed by atoms with Crippen molar-refractivity contribution in [2.75, 3.05) is 0 Å². The number of rotatable bonds is 3. The van der Waals surface area contributed by atoms with E-state index >= 15 is 0 Å². The van der Waals surface area contributed by atoms with E-state index in [9.17, 15) is 13.2 Å². The standard InChI is InChI=1S/C11H11F3N.CH2O2/c12-11(13,14)9-3-1-2-8(6-9)7-15-10-4-5-10;2-1-3/h1-3,6,10H,4-5,7H2;1H,(H,2,3)/q-1;/p-1. The third-order valence-electron chi connectivity index (χ3n) is 2.33. The number of halogens is 3. The summed E-state index contributed by atoms with van der Waals surface area (Å²) >= 11 is 0. The average molecular weight is 259 g/mol. The Hall–Kier alpha value is -1.56. The summed E-state index contributed by atoms with van der Waals surface area (Å²) in [6, 6.07) is 5.76. The monoisotopic (exact) mass is 259 g/mol. The molecule has 0 radical (unpaired) electrons. The molecule has 0 heterocycles. The van der Waals surface area contributed by atoms with E-state index in [1.165, 1.54) is 12.1 Å². The number of alkyl halides is 3. The maximum absolute atomic E-state index is 12.3. The summed E-state index contributed by atoms with van der Waals surface area (Å²) in [6.45, 7) is -0.103. The molecule has 0 aromatic heterocycles. The molecule has 0 spiro atoms. The summed E-state index contributed by atoms with van der Waals surface area (Å²) in [7, 11) is 0. The Labute approximate surface area is 103 Å². The second-order valence-corrected chi connectivity index (χ2v) is 3.87. The zero-order valence-electron chi connectivity index (χ0n) is 9.48. The highest BCUT2D eigenvalue weighted by atomic mass is 19.4. The molecule has 6 heteroatoms. The van der Waals surface area contributed by atoms with Crippen LogP contribution in [-0.2, 0) is 17.5 Å². The van der Waals surface area contributed by atoms with Gasteiger partial charge in [-0.3, -0.25) is 0 Å². The first-order valence-corrected chi connectivity index (χ1v) is 5.35. The van der Waals surface area contributed by atoms with Gasteiger partial charge in [0.15, 0.2) is 0 Å². The Morgan fingerprint density at radius 1 is 1.39 bits per heavy atom. The van der Waals surface area contributed by atoms with Gasteiger partial charge in [0.05, 0.1) is 5.56 Å². The molecule has 1 fully saturated rings. The molecule has 100 valence electrons. The summed E-state index contributed by atoms with van der Waals surface area (Å²) < 4.78 is 37.0. The smallest absolute Gasteiger partial charge is 0.416 e. The van der Waals surface area contributed by atoms with Crippen LogP contribution in [0.2, 0.25) is 0 Å². The van der Waals surface area contributed by atoms with Gasteiger partial charge >= 0.3 is 6.18 Å². The fraction of sp³-hybridized carbons (Fsp3) is 0.417. The minimum absolute atomic E-state index is 0.388. The molecule has 0 bridgehead atoms. The summed E-state index contributed by atoms with van der Waals surface area (Å²) in [5.74, 6) is 0. The van der Waals surface area contributed by atoms with Gasteiger partial charge in [-0.2, -0.15) is 13.2 Å². The first-order valence-electron chi connectivity index (χ1n) is 5.35. The molecule has 1 aromatic carbocycles. The van der Waals surface area contributed by atoms with Gasteiger partial charge in [0, 0.05) is 6.47 Å². The van der Waals surface area contributed by atoms with Gasteiger partial charge in [-0.1, -0.05) is 36.6 Å². The lowest BCUT2D eigenvalue weighted by Crippen LogP contribution is -2.05. The Morgan fingerprint density at radius 3 is 2.50 bits per heavy atom. The van der Waals surface area contributed by atoms with Crippen LogP contribution in [0.15, 0.2) is 24.3 Å². The summed E-state index contributed by atoms with van der Waals surface area (Å²) in [4.78, 5) is 8.25. The van der Waals surface area contributed by atoms with Crippen molar-refractivity contribution in [3.05, 3.63) is 40.7 Å². The van der Waals surface area contributed by atoms with E-state index in [4.69, 9.17) is 9.90 Å². The molecular weight excluding hydrogens is 247 g/mol. The highest BCUT2D eigenvalue weighted by Crippen LogP contribution is 2.32. The quantitative estimate of drug-likeness (QED) is 0.780. The maximum atomic E-state index is 12.3. The second kappa shape index (κ2) is 6.39. The van der Waals surface area contributed by atoms with Crippen LogP contribution in [0.3, 0.4) is 0 Å². The Kier molecular flexibility index (Phi) is 5.15. The van der Waals surface area contributed by atoms with Crippen molar-refractivity contribution in [2.24, 2.45) is 0 Å². The van der Waals surface area contributed by atoms with Gasteiger partial charge in [-0.15, -0.1) is 12.6 Å². The molecule has 0 aliphatic heterocycles. The van der Waals surface area contributed by atoms with Gasteiger partial charge in [-0.25, -0.2) is 0 Å². The van der Waals surface area contributed by atoms with E-state index < -0.39 is 18.2 Å². The van der Waals surface area contributed by atoms with Crippen LogP contribution in [0.5, 0.6) is 0 Å². The predicted molar refractivity (Wildman–Crippen MR) is 57.6 cm³/mol. The van der Waals surface area contributed by atoms with Crippen molar-refractivity contribution >= 4 is 6.47 Å². The summed E-state index contributed by atoms with van der Waals surface area (Å²) in [5, 5.41) is 12.5. The molecule has 0 N–H and O–H groups in total. The predicted octanol–water partition coefficient (Wildman–Crippen LogP) is 2.11. The van der Waals surface area contributed by atoms with E-state index in [-0.39, 0.29) is 0 Å². The molecule has 3 nitrogen and oxygen atoms in total. The molecule has 0 amide bonds. The van der Waals surface area contributed by atoms with Crippen molar-refractivity contribution in [1.29, 1.82) is 0 Å². The molecule has 1 saturated carbocycles. The Morgan fingerprint density at radius 2 is 2.00 bits per heavy atom. The normalized spacial score (nSPS) is 14.6. The minimum Gasteiger partial charge on any atom is -0.656 e. The van der Waals surface area contributed by atoms with E-state index in [0.29, 0.717) is 18.2 Å². The second-order valence-electron chi connectivity index (χ2n) is 3.87. The van der Waals surface area contributed by atoms with Crippen molar-refractivity contribution < 1.29 is 23.1 Å². The van der Waals surface area contributed by atoms with Gasteiger partial charge in [0.2, 0.25) is 0 Å². The van der Waals surface area contributed by atoms with Gasteiger partial charge < -0.3 is 15.2 Å². The molecule has 1 aliphatic rings. The van der Waals surface area contributed by atoms with Crippen molar-refractivity contribution in [3.63, 3.8) is 0 Å².